The Bertz CT molecular complexity index is 442. The van der Waals surface area contributed by atoms with Crippen LogP contribution in [0.5, 0.6) is 0 Å². The van der Waals surface area contributed by atoms with Gasteiger partial charge in [0, 0.05) is 25.6 Å². The molecule has 1 heterocycles. The number of amides is 1. The maximum absolute atomic E-state index is 11.8. The van der Waals surface area contributed by atoms with Gasteiger partial charge in [-0.2, -0.15) is 0 Å². The minimum Gasteiger partial charge on any atom is -0.341 e. The molecule has 2 N–H and O–H groups in total. The molecule has 1 atom stereocenters. The van der Waals surface area contributed by atoms with Crippen molar-refractivity contribution in [3.63, 3.8) is 0 Å². The lowest BCUT2D eigenvalue weighted by atomic mass is 10.0. The van der Waals surface area contributed by atoms with Gasteiger partial charge >= 0.3 is 0 Å². The number of benzene rings is 1. The topological polar surface area (TPSA) is 46.3 Å². The number of hydrogen-bond acceptors (Lipinski definition) is 2. The van der Waals surface area contributed by atoms with Gasteiger partial charge in [0.2, 0.25) is 5.91 Å². The average Bonchev–Trinajstić information content (AvgIpc) is 2.35. The Morgan fingerprint density at radius 2 is 2.06 bits per heavy atom. The van der Waals surface area contributed by atoms with Crippen molar-refractivity contribution < 1.29 is 4.79 Å². The van der Waals surface area contributed by atoms with Crippen LogP contribution in [0, 0.1) is 13.8 Å². The summed E-state index contributed by atoms with van der Waals surface area (Å²) in [7, 11) is 0. The van der Waals surface area contributed by atoms with E-state index in [1.165, 1.54) is 11.1 Å². The smallest absolute Gasteiger partial charge is 0.222 e. The number of hydrogen-bond donors (Lipinski definition) is 1. The predicted octanol–water partition coefficient (Wildman–Crippen LogP) is 2.32. The molecule has 3 heteroatoms. The highest BCUT2D eigenvalue weighted by atomic mass is 16.2. The second-order valence-electron chi connectivity index (χ2n) is 5.25. The minimum atomic E-state index is -0.0775. The van der Waals surface area contributed by atoms with Gasteiger partial charge in [0.1, 0.15) is 0 Å². The van der Waals surface area contributed by atoms with E-state index in [9.17, 15) is 4.79 Å². The van der Waals surface area contributed by atoms with Gasteiger partial charge < -0.3 is 10.6 Å². The molecule has 1 fully saturated rings. The lowest BCUT2D eigenvalue weighted by Crippen LogP contribution is -2.40. The fraction of sp³-hybridized carbons (Fsp3) is 0.533. The molecule has 1 aromatic rings. The van der Waals surface area contributed by atoms with E-state index in [0.717, 1.165) is 24.9 Å². The Labute approximate surface area is 109 Å². The molecular formula is C15H22N2O. The average molecular weight is 246 g/mol. The zero-order valence-corrected chi connectivity index (χ0v) is 11.3. The Morgan fingerprint density at radius 3 is 2.72 bits per heavy atom. The number of aryl methyl sites for hydroxylation is 2. The molecule has 98 valence electrons. The summed E-state index contributed by atoms with van der Waals surface area (Å²) in [6.07, 6.45) is 2.80. The molecule has 0 radical (unpaired) electrons. The molecule has 0 spiro atoms. The third-order valence-electron chi connectivity index (χ3n) is 3.80. The summed E-state index contributed by atoms with van der Waals surface area (Å²) in [6.45, 7) is 5.69. The van der Waals surface area contributed by atoms with Crippen LogP contribution in [-0.4, -0.2) is 23.9 Å². The van der Waals surface area contributed by atoms with Crippen LogP contribution in [0.4, 0.5) is 0 Å². The number of piperidine rings is 1. The zero-order valence-electron chi connectivity index (χ0n) is 11.3. The Balaban J connectivity index is 2.04. The third-order valence-corrected chi connectivity index (χ3v) is 3.80. The summed E-state index contributed by atoms with van der Waals surface area (Å²) in [4.78, 5) is 13.7. The van der Waals surface area contributed by atoms with Crippen LogP contribution >= 0.6 is 0 Å². The molecule has 1 unspecified atom stereocenters. The molecule has 0 aromatic heterocycles. The van der Waals surface area contributed by atoms with Gasteiger partial charge in [-0.3, -0.25) is 4.79 Å². The highest BCUT2D eigenvalue weighted by Gasteiger charge is 2.20. The summed E-state index contributed by atoms with van der Waals surface area (Å²) in [5.41, 5.74) is 9.87. The van der Waals surface area contributed by atoms with E-state index >= 15 is 0 Å². The Kier molecular flexibility index (Phi) is 4.02. The quantitative estimate of drug-likeness (QED) is 0.889. The van der Waals surface area contributed by atoms with Crippen molar-refractivity contribution in [2.75, 3.05) is 13.1 Å². The van der Waals surface area contributed by atoms with Crippen molar-refractivity contribution in [3.8, 4) is 0 Å². The van der Waals surface area contributed by atoms with Crippen LogP contribution in [0.15, 0.2) is 18.2 Å². The van der Waals surface area contributed by atoms with Crippen molar-refractivity contribution in [1.29, 1.82) is 0 Å². The van der Waals surface area contributed by atoms with E-state index < -0.39 is 0 Å². The molecule has 1 amide bonds. The second kappa shape index (κ2) is 5.53. The molecule has 0 bridgehead atoms. The van der Waals surface area contributed by atoms with Crippen LogP contribution in [-0.2, 0) is 4.79 Å². The first-order valence-electron chi connectivity index (χ1n) is 6.68. The van der Waals surface area contributed by atoms with E-state index in [1.54, 1.807) is 0 Å². The molecule has 1 aromatic carbocycles. The van der Waals surface area contributed by atoms with Crippen molar-refractivity contribution >= 4 is 5.91 Å². The molecule has 2 rings (SSSR count). The molecule has 0 aliphatic carbocycles. The lowest BCUT2D eigenvalue weighted by Gasteiger charge is -2.29. The van der Waals surface area contributed by atoms with Crippen molar-refractivity contribution in [3.05, 3.63) is 34.9 Å². The summed E-state index contributed by atoms with van der Waals surface area (Å²) in [5, 5.41) is 0. The SMILES string of the molecule is Cc1ccc(C(N)CN2CCCCC2=O)cc1C. The number of carbonyl (C=O) groups is 1. The van der Waals surface area contributed by atoms with Gasteiger partial charge in [-0.25, -0.2) is 0 Å². The highest BCUT2D eigenvalue weighted by molar-refractivity contribution is 5.76. The van der Waals surface area contributed by atoms with Gasteiger partial charge in [-0.15, -0.1) is 0 Å². The van der Waals surface area contributed by atoms with Crippen molar-refractivity contribution in [2.45, 2.75) is 39.2 Å². The zero-order chi connectivity index (χ0) is 13.1. The molecule has 1 aliphatic rings. The van der Waals surface area contributed by atoms with E-state index in [1.807, 2.05) is 4.90 Å². The maximum atomic E-state index is 11.8. The van der Waals surface area contributed by atoms with E-state index in [4.69, 9.17) is 5.73 Å². The summed E-state index contributed by atoms with van der Waals surface area (Å²) < 4.78 is 0. The molecular weight excluding hydrogens is 224 g/mol. The number of carbonyl (C=O) groups excluding carboxylic acids is 1. The number of likely N-dealkylation sites (tertiary alicyclic amines) is 1. The van der Waals surface area contributed by atoms with Crippen molar-refractivity contribution in [2.24, 2.45) is 5.73 Å². The van der Waals surface area contributed by atoms with E-state index in [2.05, 4.69) is 32.0 Å². The molecule has 3 nitrogen and oxygen atoms in total. The molecule has 18 heavy (non-hydrogen) atoms. The molecule has 0 saturated carbocycles. The fourth-order valence-corrected chi connectivity index (χ4v) is 2.39. The Morgan fingerprint density at radius 1 is 1.28 bits per heavy atom. The van der Waals surface area contributed by atoms with Crippen molar-refractivity contribution in [1.82, 2.24) is 4.90 Å². The first-order chi connectivity index (χ1) is 8.58. The Hall–Kier alpha value is -1.35. The normalized spacial score (nSPS) is 17.9. The number of nitrogens with two attached hydrogens (primary N) is 1. The third kappa shape index (κ3) is 2.91. The maximum Gasteiger partial charge on any atom is 0.222 e. The first kappa shape index (κ1) is 13.1. The van der Waals surface area contributed by atoms with Gasteiger partial charge in [0.15, 0.2) is 0 Å². The summed E-state index contributed by atoms with van der Waals surface area (Å²) in [6, 6.07) is 6.23. The fourth-order valence-electron chi connectivity index (χ4n) is 2.39. The number of nitrogens with zero attached hydrogens (tertiary/aromatic N) is 1. The molecule has 1 aliphatic heterocycles. The monoisotopic (exact) mass is 246 g/mol. The van der Waals surface area contributed by atoms with Gasteiger partial charge in [-0.05, 0) is 43.4 Å². The lowest BCUT2D eigenvalue weighted by molar-refractivity contribution is -0.133. The van der Waals surface area contributed by atoms with Gasteiger partial charge in [-0.1, -0.05) is 18.2 Å². The van der Waals surface area contributed by atoms with Crippen LogP contribution in [0.25, 0.3) is 0 Å². The predicted molar refractivity (Wildman–Crippen MR) is 73.3 cm³/mol. The largest absolute Gasteiger partial charge is 0.341 e. The van der Waals surface area contributed by atoms with Crippen LogP contribution in [0.3, 0.4) is 0 Å². The van der Waals surface area contributed by atoms with Crippen LogP contribution in [0.2, 0.25) is 0 Å². The highest BCUT2D eigenvalue weighted by Crippen LogP contribution is 2.18. The van der Waals surface area contributed by atoms with E-state index in [0.29, 0.717) is 13.0 Å². The van der Waals surface area contributed by atoms with Gasteiger partial charge in [0.05, 0.1) is 0 Å². The second-order valence-corrected chi connectivity index (χ2v) is 5.25. The van der Waals surface area contributed by atoms with Crippen LogP contribution in [0.1, 0.15) is 42.0 Å². The summed E-state index contributed by atoms with van der Waals surface area (Å²) in [5.74, 6) is 0.250. The number of rotatable bonds is 3. The van der Waals surface area contributed by atoms with Crippen LogP contribution < -0.4 is 5.73 Å². The van der Waals surface area contributed by atoms with E-state index in [-0.39, 0.29) is 11.9 Å². The standard InChI is InChI=1S/C15H22N2O/c1-11-6-7-13(9-12(11)2)14(16)10-17-8-4-3-5-15(17)18/h6-7,9,14H,3-5,8,10,16H2,1-2H3. The minimum absolute atomic E-state index is 0.0775. The summed E-state index contributed by atoms with van der Waals surface area (Å²) >= 11 is 0. The molecule has 1 saturated heterocycles. The van der Waals surface area contributed by atoms with Gasteiger partial charge in [0.25, 0.3) is 0 Å². The first-order valence-corrected chi connectivity index (χ1v) is 6.68.